The Balaban J connectivity index is 2.53. The van der Waals surface area contributed by atoms with Gasteiger partial charge in [-0.2, -0.15) is 0 Å². The molecule has 0 saturated heterocycles. The summed E-state index contributed by atoms with van der Waals surface area (Å²) in [6.07, 6.45) is 1.76. The molecule has 0 radical (unpaired) electrons. The minimum absolute atomic E-state index is 0.309. The van der Waals surface area contributed by atoms with Crippen molar-refractivity contribution in [1.29, 1.82) is 0 Å². The number of hydrogen-bond acceptors (Lipinski definition) is 3. The van der Waals surface area contributed by atoms with Crippen LogP contribution in [0.3, 0.4) is 0 Å². The van der Waals surface area contributed by atoms with Crippen LogP contribution >= 0.6 is 22.9 Å². The SMILES string of the molecule is O=S(CCCF)c1ncc(Cl)s1. The Bertz CT molecular complexity index is 278. The van der Waals surface area contributed by atoms with Gasteiger partial charge in [0.1, 0.15) is 4.34 Å². The molecule has 1 unspecified atom stereocenters. The molecule has 0 fully saturated rings. The Morgan fingerprint density at radius 1 is 1.75 bits per heavy atom. The Hall–Kier alpha value is -0.0000000000000000278. The molecular formula is C6H7ClFNOS2. The van der Waals surface area contributed by atoms with Gasteiger partial charge in [-0.15, -0.1) is 0 Å². The van der Waals surface area contributed by atoms with Crippen LogP contribution in [0.2, 0.25) is 4.34 Å². The van der Waals surface area contributed by atoms with E-state index in [-0.39, 0.29) is 0 Å². The second-order valence-corrected chi connectivity index (χ2v) is 5.43. The normalized spacial score (nSPS) is 13.2. The fourth-order valence-electron chi connectivity index (χ4n) is 0.618. The zero-order valence-corrected chi connectivity index (χ0v) is 8.52. The molecule has 0 saturated carbocycles. The van der Waals surface area contributed by atoms with Crippen LogP contribution in [0, 0.1) is 0 Å². The predicted octanol–water partition coefficient (Wildman–Crippen LogP) is 2.26. The highest BCUT2D eigenvalue weighted by atomic mass is 35.5. The fourth-order valence-corrected chi connectivity index (χ4v) is 3.01. The maximum atomic E-state index is 11.7. The van der Waals surface area contributed by atoms with Crippen LogP contribution in [-0.4, -0.2) is 21.6 Å². The summed E-state index contributed by atoms with van der Waals surface area (Å²) < 4.78 is 23.9. The summed E-state index contributed by atoms with van der Waals surface area (Å²) >= 11 is 6.76. The van der Waals surface area contributed by atoms with Crippen LogP contribution in [0.4, 0.5) is 4.39 Å². The van der Waals surface area contributed by atoms with Gasteiger partial charge in [0.05, 0.1) is 23.7 Å². The molecule has 0 aromatic carbocycles. The zero-order chi connectivity index (χ0) is 8.97. The zero-order valence-electron chi connectivity index (χ0n) is 6.13. The third-order valence-corrected chi connectivity index (χ3v) is 3.99. The smallest absolute Gasteiger partial charge is 0.182 e. The topological polar surface area (TPSA) is 30.0 Å². The van der Waals surface area contributed by atoms with Gasteiger partial charge < -0.3 is 0 Å². The third kappa shape index (κ3) is 2.80. The van der Waals surface area contributed by atoms with Gasteiger partial charge >= 0.3 is 0 Å². The average Bonchev–Trinajstić information content (AvgIpc) is 2.47. The van der Waals surface area contributed by atoms with Crippen LogP contribution in [0.15, 0.2) is 10.5 Å². The lowest BCUT2D eigenvalue weighted by molar-refractivity contribution is 0.488. The molecule has 0 bridgehead atoms. The number of halogens is 2. The van der Waals surface area contributed by atoms with Crippen molar-refractivity contribution >= 4 is 33.7 Å². The minimum atomic E-state index is -1.18. The second-order valence-electron chi connectivity index (χ2n) is 2.02. The van der Waals surface area contributed by atoms with Crippen LogP contribution in [0.5, 0.6) is 0 Å². The summed E-state index contributed by atoms with van der Waals surface area (Å²) in [5, 5.41) is 0. The quantitative estimate of drug-likeness (QED) is 0.790. The molecule has 1 atom stereocenters. The summed E-state index contributed by atoms with van der Waals surface area (Å²) in [5.74, 6) is 0.320. The van der Waals surface area contributed by atoms with E-state index in [0.717, 1.165) is 0 Å². The van der Waals surface area contributed by atoms with Gasteiger partial charge in [0, 0.05) is 5.75 Å². The molecule has 2 nitrogen and oxygen atoms in total. The van der Waals surface area contributed by atoms with E-state index in [1.54, 1.807) is 0 Å². The van der Waals surface area contributed by atoms with Crippen molar-refractivity contribution in [3.8, 4) is 0 Å². The van der Waals surface area contributed by atoms with Gasteiger partial charge in [0.25, 0.3) is 0 Å². The van der Waals surface area contributed by atoms with E-state index in [1.807, 2.05) is 0 Å². The monoisotopic (exact) mass is 227 g/mol. The summed E-state index contributed by atoms with van der Waals surface area (Å²) in [6, 6.07) is 0. The molecule has 1 rings (SSSR count). The summed E-state index contributed by atoms with van der Waals surface area (Å²) in [4.78, 5) is 3.83. The maximum absolute atomic E-state index is 11.7. The van der Waals surface area contributed by atoms with Gasteiger partial charge in [0.2, 0.25) is 0 Å². The largest absolute Gasteiger partial charge is 0.252 e. The number of hydrogen-bond donors (Lipinski definition) is 0. The first-order valence-corrected chi connectivity index (χ1v) is 5.81. The van der Waals surface area contributed by atoms with Crippen LogP contribution in [0.1, 0.15) is 6.42 Å². The van der Waals surface area contributed by atoms with E-state index in [1.165, 1.54) is 17.5 Å². The molecule has 1 aromatic heterocycles. The molecule has 12 heavy (non-hydrogen) atoms. The lowest BCUT2D eigenvalue weighted by Crippen LogP contribution is -1.97. The standard InChI is InChI=1S/C6H7ClFNOS2/c7-5-4-9-6(11-5)12(10)3-1-2-8/h4H,1-3H2. The molecule has 1 aromatic rings. The minimum Gasteiger partial charge on any atom is -0.252 e. The van der Waals surface area contributed by atoms with Crippen molar-refractivity contribution in [2.45, 2.75) is 10.8 Å². The van der Waals surface area contributed by atoms with Gasteiger partial charge in [0.15, 0.2) is 4.34 Å². The summed E-state index contributed by atoms with van der Waals surface area (Å²) in [7, 11) is -1.18. The molecule has 0 N–H and O–H groups in total. The molecule has 0 aliphatic heterocycles. The molecule has 6 heteroatoms. The predicted molar refractivity (Wildman–Crippen MR) is 49.0 cm³/mol. The lowest BCUT2D eigenvalue weighted by Gasteiger charge is -1.92. The Morgan fingerprint density at radius 2 is 2.50 bits per heavy atom. The number of aromatic nitrogens is 1. The molecule has 0 aliphatic rings. The highest BCUT2D eigenvalue weighted by molar-refractivity contribution is 7.87. The Kier molecular flexibility index (Phi) is 4.11. The molecule has 1 heterocycles. The number of rotatable bonds is 4. The van der Waals surface area contributed by atoms with Crippen molar-refractivity contribution in [3.63, 3.8) is 0 Å². The van der Waals surface area contributed by atoms with Gasteiger partial charge in [-0.05, 0) is 6.42 Å². The first-order chi connectivity index (χ1) is 5.74. The molecule has 0 spiro atoms. The molecule has 68 valence electrons. The van der Waals surface area contributed by atoms with Crippen molar-refractivity contribution in [2.24, 2.45) is 0 Å². The average molecular weight is 228 g/mol. The van der Waals surface area contributed by atoms with E-state index in [4.69, 9.17) is 11.6 Å². The summed E-state index contributed by atoms with van der Waals surface area (Å²) in [6.45, 7) is -0.440. The van der Waals surface area contributed by atoms with E-state index in [9.17, 15) is 8.60 Å². The van der Waals surface area contributed by atoms with Crippen molar-refractivity contribution in [2.75, 3.05) is 12.4 Å². The van der Waals surface area contributed by atoms with Crippen molar-refractivity contribution in [1.82, 2.24) is 4.98 Å². The van der Waals surface area contributed by atoms with Gasteiger partial charge in [-0.25, -0.2) is 4.98 Å². The van der Waals surface area contributed by atoms with Crippen LogP contribution in [-0.2, 0) is 10.8 Å². The van der Waals surface area contributed by atoms with Crippen LogP contribution in [0.25, 0.3) is 0 Å². The highest BCUT2D eigenvalue weighted by Gasteiger charge is 2.07. The van der Waals surface area contributed by atoms with E-state index in [0.29, 0.717) is 20.8 Å². The Labute approximate surface area is 81.2 Å². The van der Waals surface area contributed by atoms with Gasteiger partial charge in [-0.3, -0.25) is 8.60 Å². The fraction of sp³-hybridized carbons (Fsp3) is 0.500. The van der Waals surface area contributed by atoms with Gasteiger partial charge in [-0.1, -0.05) is 22.9 Å². The van der Waals surface area contributed by atoms with E-state index >= 15 is 0 Å². The molecular weight excluding hydrogens is 221 g/mol. The molecule has 0 aliphatic carbocycles. The lowest BCUT2D eigenvalue weighted by atomic mass is 10.6. The molecule has 0 amide bonds. The maximum Gasteiger partial charge on any atom is 0.182 e. The summed E-state index contributed by atoms with van der Waals surface area (Å²) in [5.41, 5.74) is 0. The number of alkyl halides is 1. The van der Waals surface area contributed by atoms with E-state index in [2.05, 4.69) is 4.98 Å². The van der Waals surface area contributed by atoms with Crippen LogP contribution < -0.4 is 0 Å². The van der Waals surface area contributed by atoms with Crippen molar-refractivity contribution < 1.29 is 8.60 Å². The first-order valence-electron chi connectivity index (χ1n) is 3.29. The Morgan fingerprint density at radius 3 is 3.00 bits per heavy atom. The van der Waals surface area contributed by atoms with Crippen molar-refractivity contribution in [3.05, 3.63) is 10.5 Å². The number of thiazole rings is 1. The third-order valence-electron chi connectivity index (χ3n) is 1.11. The second kappa shape index (κ2) is 4.89. The number of nitrogens with zero attached hydrogens (tertiary/aromatic N) is 1. The first kappa shape index (κ1) is 10.1. The highest BCUT2D eigenvalue weighted by Crippen LogP contribution is 2.21. The van der Waals surface area contributed by atoms with E-state index < -0.39 is 17.5 Å².